The zero-order chi connectivity index (χ0) is 15.9. The summed E-state index contributed by atoms with van der Waals surface area (Å²) in [7, 11) is 0. The minimum absolute atomic E-state index is 0. The Morgan fingerprint density at radius 3 is 2.88 bits per heavy atom. The number of halogens is 1. The minimum atomic E-state index is 0. The second-order valence-electron chi connectivity index (χ2n) is 5.69. The van der Waals surface area contributed by atoms with Gasteiger partial charge in [0.1, 0.15) is 0 Å². The van der Waals surface area contributed by atoms with Crippen LogP contribution in [0.5, 0.6) is 0 Å². The molecule has 6 nitrogen and oxygen atoms in total. The summed E-state index contributed by atoms with van der Waals surface area (Å²) < 4.78 is 0. The fourth-order valence-electron chi connectivity index (χ4n) is 2.80. The van der Waals surface area contributed by atoms with Crippen molar-refractivity contribution < 1.29 is 0 Å². The molecule has 3 rings (SSSR count). The first-order chi connectivity index (χ1) is 11.3. The van der Waals surface area contributed by atoms with Crippen molar-refractivity contribution in [2.75, 3.05) is 24.5 Å². The number of hydrogen-bond acceptors (Lipinski definition) is 3. The van der Waals surface area contributed by atoms with Crippen LogP contribution in [0.2, 0.25) is 0 Å². The molecular weight excluding hydrogens is 415 g/mol. The molecule has 3 N–H and O–H groups in total. The Balaban J connectivity index is 0.00000208. The molecule has 1 atom stereocenters. The van der Waals surface area contributed by atoms with Crippen molar-refractivity contribution in [3.63, 3.8) is 0 Å². The van der Waals surface area contributed by atoms with Gasteiger partial charge >= 0.3 is 0 Å². The molecular formula is C17H25IN6. The van der Waals surface area contributed by atoms with Gasteiger partial charge in [-0.2, -0.15) is 5.10 Å². The topological polar surface area (TPSA) is 68.3 Å². The molecule has 1 saturated heterocycles. The third-order valence-corrected chi connectivity index (χ3v) is 3.96. The number of aromatic amines is 1. The van der Waals surface area contributed by atoms with E-state index in [0.717, 1.165) is 37.7 Å². The maximum atomic E-state index is 4.62. The summed E-state index contributed by atoms with van der Waals surface area (Å²) in [5.74, 6) is 0.863. The third kappa shape index (κ3) is 5.12. The predicted molar refractivity (Wildman–Crippen MR) is 109 cm³/mol. The van der Waals surface area contributed by atoms with Gasteiger partial charge in [0.2, 0.25) is 0 Å². The maximum absolute atomic E-state index is 4.62. The molecule has 1 unspecified atom stereocenters. The summed E-state index contributed by atoms with van der Waals surface area (Å²) in [6, 6.07) is 12.9. The summed E-state index contributed by atoms with van der Waals surface area (Å²) in [6.07, 6.45) is 2.86. The maximum Gasteiger partial charge on any atom is 0.191 e. The van der Waals surface area contributed by atoms with E-state index in [1.807, 2.05) is 6.07 Å². The van der Waals surface area contributed by atoms with E-state index in [-0.39, 0.29) is 24.0 Å². The summed E-state index contributed by atoms with van der Waals surface area (Å²) in [4.78, 5) is 7.03. The number of nitrogens with one attached hydrogen (secondary N) is 3. The molecule has 2 heterocycles. The SMILES string of the molecule is CCNC(=NCc1ccn[nH]1)NC1CCN(c2ccccc2)C1.I. The molecule has 2 aromatic rings. The van der Waals surface area contributed by atoms with E-state index in [4.69, 9.17) is 0 Å². The van der Waals surface area contributed by atoms with E-state index in [1.165, 1.54) is 5.69 Å². The van der Waals surface area contributed by atoms with Crippen LogP contribution in [-0.4, -0.2) is 41.8 Å². The van der Waals surface area contributed by atoms with Crippen molar-refractivity contribution >= 4 is 35.6 Å². The quantitative estimate of drug-likeness (QED) is 0.380. The van der Waals surface area contributed by atoms with Crippen molar-refractivity contribution in [1.82, 2.24) is 20.8 Å². The summed E-state index contributed by atoms with van der Waals surface area (Å²) in [5, 5.41) is 13.7. The highest BCUT2D eigenvalue weighted by Crippen LogP contribution is 2.19. The Bertz CT molecular complexity index is 613. The lowest BCUT2D eigenvalue weighted by atomic mass is 10.3. The largest absolute Gasteiger partial charge is 0.369 e. The van der Waals surface area contributed by atoms with Gasteiger partial charge in [-0.3, -0.25) is 5.10 Å². The van der Waals surface area contributed by atoms with E-state index in [0.29, 0.717) is 12.6 Å². The van der Waals surface area contributed by atoms with E-state index in [9.17, 15) is 0 Å². The lowest BCUT2D eigenvalue weighted by molar-refractivity contribution is 0.648. The molecule has 0 bridgehead atoms. The van der Waals surface area contributed by atoms with Crippen molar-refractivity contribution in [3.05, 3.63) is 48.3 Å². The van der Waals surface area contributed by atoms with Gasteiger partial charge in [-0.05, 0) is 31.5 Å². The number of hydrogen-bond donors (Lipinski definition) is 3. The zero-order valence-electron chi connectivity index (χ0n) is 13.9. The first-order valence-corrected chi connectivity index (χ1v) is 8.18. The Labute approximate surface area is 160 Å². The molecule has 0 aliphatic carbocycles. The number of anilines is 1. The number of benzene rings is 1. The average Bonchev–Trinajstić information content (AvgIpc) is 3.25. The third-order valence-electron chi connectivity index (χ3n) is 3.96. The molecule has 1 aliphatic heterocycles. The molecule has 1 aromatic heterocycles. The van der Waals surface area contributed by atoms with E-state index < -0.39 is 0 Å². The average molecular weight is 440 g/mol. The van der Waals surface area contributed by atoms with Crippen LogP contribution in [0.1, 0.15) is 19.0 Å². The summed E-state index contributed by atoms with van der Waals surface area (Å²) >= 11 is 0. The minimum Gasteiger partial charge on any atom is -0.369 e. The van der Waals surface area contributed by atoms with Gasteiger partial charge in [-0.1, -0.05) is 18.2 Å². The molecule has 7 heteroatoms. The fourth-order valence-corrected chi connectivity index (χ4v) is 2.80. The number of H-pyrrole nitrogens is 1. The van der Waals surface area contributed by atoms with Crippen LogP contribution in [0.4, 0.5) is 5.69 Å². The van der Waals surface area contributed by atoms with Crippen LogP contribution < -0.4 is 15.5 Å². The molecule has 0 amide bonds. The van der Waals surface area contributed by atoms with Crippen molar-refractivity contribution in [3.8, 4) is 0 Å². The highest BCUT2D eigenvalue weighted by Gasteiger charge is 2.23. The van der Waals surface area contributed by atoms with Crippen LogP contribution in [0.3, 0.4) is 0 Å². The Morgan fingerprint density at radius 2 is 2.17 bits per heavy atom. The molecule has 1 aromatic carbocycles. The number of guanidine groups is 1. The van der Waals surface area contributed by atoms with Gasteiger partial charge < -0.3 is 15.5 Å². The smallest absolute Gasteiger partial charge is 0.191 e. The highest BCUT2D eigenvalue weighted by molar-refractivity contribution is 14.0. The summed E-state index contributed by atoms with van der Waals surface area (Å²) in [6.45, 7) is 5.60. The van der Waals surface area contributed by atoms with Gasteiger partial charge in [-0.15, -0.1) is 24.0 Å². The van der Waals surface area contributed by atoms with Crippen LogP contribution in [0, 0.1) is 0 Å². The van der Waals surface area contributed by atoms with Crippen LogP contribution in [-0.2, 0) is 6.54 Å². The van der Waals surface area contributed by atoms with Crippen LogP contribution in [0.15, 0.2) is 47.6 Å². The lowest BCUT2D eigenvalue weighted by Gasteiger charge is -2.20. The van der Waals surface area contributed by atoms with E-state index >= 15 is 0 Å². The predicted octanol–water partition coefficient (Wildman–Crippen LogP) is 2.36. The zero-order valence-corrected chi connectivity index (χ0v) is 16.2. The first-order valence-electron chi connectivity index (χ1n) is 8.18. The Morgan fingerprint density at radius 1 is 1.33 bits per heavy atom. The first kappa shape index (κ1) is 18.6. The molecule has 130 valence electrons. The van der Waals surface area contributed by atoms with Gasteiger partial charge in [0.25, 0.3) is 0 Å². The number of aliphatic imine (C=N–C) groups is 1. The van der Waals surface area contributed by atoms with Crippen molar-refractivity contribution in [2.24, 2.45) is 4.99 Å². The van der Waals surface area contributed by atoms with E-state index in [2.05, 4.69) is 68.0 Å². The van der Waals surface area contributed by atoms with Gasteiger partial charge in [0.05, 0.1) is 12.2 Å². The number of rotatable bonds is 5. The second-order valence-corrected chi connectivity index (χ2v) is 5.69. The van der Waals surface area contributed by atoms with Crippen LogP contribution >= 0.6 is 24.0 Å². The van der Waals surface area contributed by atoms with Crippen molar-refractivity contribution in [1.29, 1.82) is 0 Å². The standard InChI is InChI=1S/C17H24N6.HI/c1-2-18-17(19-12-14-8-10-20-22-14)21-15-9-11-23(13-15)16-6-4-3-5-7-16;/h3-8,10,15H,2,9,11-13H2,1H3,(H,20,22)(H2,18,19,21);1H. The molecule has 1 fully saturated rings. The Kier molecular flexibility index (Phi) is 7.36. The molecule has 24 heavy (non-hydrogen) atoms. The summed E-state index contributed by atoms with van der Waals surface area (Å²) in [5.41, 5.74) is 2.30. The fraction of sp³-hybridized carbons (Fsp3) is 0.412. The van der Waals surface area contributed by atoms with E-state index in [1.54, 1.807) is 6.20 Å². The number of nitrogens with zero attached hydrogens (tertiary/aromatic N) is 3. The molecule has 0 radical (unpaired) electrons. The highest BCUT2D eigenvalue weighted by atomic mass is 127. The molecule has 0 saturated carbocycles. The van der Waals surface area contributed by atoms with Crippen molar-refractivity contribution in [2.45, 2.75) is 25.9 Å². The monoisotopic (exact) mass is 440 g/mol. The Hall–Kier alpha value is -1.77. The molecule has 0 spiro atoms. The number of aromatic nitrogens is 2. The van der Waals surface area contributed by atoms with Gasteiger partial charge in [0, 0.05) is 37.6 Å². The van der Waals surface area contributed by atoms with Gasteiger partial charge in [0.15, 0.2) is 5.96 Å². The van der Waals surface area contributed by atoms with Gasteiger partial charge in [-0.25, -0.2) is 4.99 Å². The lowest BCUT2D eigenvalue weighted by Crippen LogP contribution is -2.44. The normalized spacial score (nSPS) is 17.5. The molecule has 1 aliphatic rings. The van der Waals surface area contributed by atoms with Crippen LogP contribution in [0.25, 0.3) is 0 Å². The second kappa shape index (κ2) is 9.51. The number of para-hydroxylation sites is 1.